The van der Waals surface area contributed by atoms with Crippen LogP contribution in [0.4, 0.5) is 5.69 Å². The van der Waals surface area contributed by atoms with E-state index in [4.69, 9.17) is 10.00 Å². The highest BCUT2D eigenvalue weighted by Crippen LogP contribution is 2.24. The summed E-state index contributed by atoms with van der Waals surface area (Å²) in [5.41, 5.74) is 3.08. The Labute approximate surface area is 168 Å². The quantitative estimate of drug-likeness (QED) is 0.659. The molecule has 0 atom stereocenters. The number of carbonyl (C=O) groups excluding carboxylic acids is 2. The summed E-state index contributed by atoms with van der Waals surface area (Å²) in [4.78, 5) is 38.7. The molecule has 8 heteroatoms. The first-order chi connectivity index (χ1) is 13.8. The minimum atomic E-state index is -0.432. The molecular formula is C21H24N4O4. The molecule has 0 aliphatic rings. The molecule has 0 saturated carbocycles. The minimum absolute atomic E-state index is 0.0532. The third-order valence-electron chi connectivity index (χ3n) is 4.60. The summed E-state index contributed by atoms with van der Waals surface area (Å²) in [5, 5.41) is 14.4. The normalized spacial score (nSPS) is 10.2. The number of hydrogen-bond donors (Lipinski definition) is 3. The summed E-state index contributed by atoms with van der Waals surface area (Å²) in [6.45, 7) is 5.14. The van der Waals surface area contributed by atoms with Gasteiger partial charge in [-0.05, 0) is 56.0 Å². The third kappa shape index (κ3) is 5.45. The molecule has 29 heavy (non-hydrogen) atoms. The average Bonchev–Trinajstić information content (AvgIpc) is 2.66. The van der Waals surface area contributed by atoms with E-state index < -0.39 is 5.56 Å². The maximum atomic E-state index is 12.1. The van der Waals surface area contributed by atoms with Crippen molar-refractivity contribution in [2.24, 2.45) is 0 Å². The zero-order valence-corrected chi connectivity index (χ0v) is 16.9. The van der Waals surface area contributed by atoms with E-state index in [2.05, 4.69) is 15.6 Å². The molecule has 0 aliphatic heterocycles. The van der Waals surface area contributed by atoms with Gasteiger partial charge in [-0.2, -0.15) is 5.26 Å². The van der Waals surface area contributed by atoms with Gasteiger partial charge in [0.15, 0.2) is 0 Å². The summed E-state index contributed by atoms with van der Waals surface area (Å²) in [5.74, 6) is -0.141. The maximum absolute atomic E-state index is 12.1. The van der Waals surface area contributed by atoms with E-state index in [1.54, 1.807) is 26.0 Å². The van der Waals surface area contributed by atoms with E-state index >= 15 is 0 Å². The first kappa shape index (κ1) is 21.7. The molecule has 2 aromatic rings. The van der Waals surface area contributed by atoms with Crippen LogP contribution in [0.2, 0.25) is 0 Å². The van der Waals surface area contributed by atoms with Crippen LogP contribution in [0.1, 0.15) is 34.4 Å². The van der Waals surface area contributed by atoms with E-state index in [-0.39, 0.29) is 30.3 Å². The molecule has 1 heterocycles. The Balaban J connectivity index is 1.93. The second kappa shape index (κ2) is 9.55. The van der Waals surface area contributed by atoms with Gasteiger partial charge in [-0.1, -0.05) is 6.07 Å². The predicted octanol–water partition coefficient (Wildman–Crippen LogP) is 1.87. The first-order valence-electron chi connectivity index (χ1n) is 9.10. The highest BCUT2D eigenvalue weighted by Gasteiger charge is 2.14. The van der Waals surface area contributed by atoms with Crippen molar-refractivity contribution >= 4 is 17.5 Å². The number of amides is 2. The summed E-state index contributed by atoms with van der Waals surface area (Å²) in [6.07, 6.45) is 0.474. The van der Waals surface area contributed by atoms with Gasteiger partial charge in [0, 0.05) is 12.1 Å². The van der Waals surface area contributed by atoms with Crippen LogP contribution in [0.3, 0.4) is 0 Å². The molecule has 1 aromatic heterocycles. The number of H-pyrrole nitrogens is 1. The number of aryl methyl sites for hydroxylation is 2. The van der Waals surface area contributed by atoms with Gasteiger partial charge in [0.25, 0.3) is 5.56 Å². The molecule has 0 radical (unpaired) electrons. The van der Waals surface area contributed by atoms with Crippen molar-refractivity contribution in [1.82, 2.24) is 10.3 Å². The Hall–Kier alpha value is -3.60. The van der Waals surface area contributed by atoms with Gasteiger partial charge in [-0.15, -0.1) is 0 Å². The number of pyridine rings is 1. The van der Waals surface area contributed by atoms with E-state index in [0.29, 0.717) is 29.1 Å². The Morgan fingerprint density at radius 3 is 2.59 bits per heavy atom. The van der Waals surface area contributed by atoms with Gasteiger partial charge in [-0.25, -0.2) is 0 Å². The van der Waals surface area contributed by atoms with Gasteiger partial charge in [0.1, 0.15) is 17.4 Å². The Bertz CT molecular complexity index is 1030. The summed E-state index contributed by atoms with van der Waals surface area (Å²) < 4.78 is 5.21. The first-order valence-corrected chi connectivity index (χ1v) is 9.10. The second-order valence-corrected chi connectivity index (χ2v) is 6.70. The molecule has 152 valence electrons. The average molecular weight is 396 g/mol. The summed E-state index contributed by atoms with van der Waals surface area (Å²) in [7, 11) is 1.51. The topological polar surface area (TPSA) is 124 Å². The predicted molar refractivity (Wildman–Crippen MR) is 109 cm³/mol. The fraction of sp³-hybridized carbons (Fsp3) is 0.333. The fourth-order valence-electron chi connectivity index (χ4n) is 3.04. The number of ether oxygens (including phenoxy) is 1. The Morgan fingerprint density at radius 2 is 1.93 bits per heavy atom. The molecule has 0 aliphatic carbocycles. The van der Waals surface area contributed by atoms with Crippen molar-refractivity contribution in [3.05, 3.63) is 56.5 Å². The molecule has 0 unspecified atom stereocenters. The van der Waals surface area contributed by atoms with Gasteiger partial charge < -0.3 is 20.4 Å². The third-order valence-corrected chi connectivity index (χ3v) is 4.60. The number of aromatic amines is 1. The van der Waals surface area contributed by atoms with Crippen LogP contribution >= 0.6 is 0 Å². The number of methoxy groups -OCH3 is 1. The second-order valence-electron chi connectivity index (χ2n) is 6.70. The number of carbonyl (C=O) groups is 2. The summed E-state index contributed by atoms with van der Waals surface area (Å²) >= 11 is 0. The number of hydrogen-bond acceptors (Lipinski definition) is 5. The monoisotopic (exact) mass is 396 g/mol. The van der Waals surface area contributed by atoms with Gasteiger partial charge in [0.2, 0.25) is 11.8 Å². The molecule has 1 aromatic carbocycles. The highest BCUT2D eigenvalue weighted by atomic mass is 16.5. The fourth-order valence-corrected chi connectivity index (χ4v) is 3.04. The molecular weight excluding hydrogens is 372 g/mol. The van der Waals surface area contributed by atoms with Crippen molar-refractivity contribution in [3.63, 3.8) is 0 Å². The number of rotatable bonds is 7. The Morgan fingerprint density at radius 1 is 1.21 bits per heavy atom. The number of anilines is 1. The molecule has 2 rings (SSSR count). The number of nitriles is 1. The number of aromatic nitrogens is 1. The Kier molecular flexibility index (Phi) is 7.15. The van der Waals surface area contributed by atoms with E-state index in [9.17, 15) is 14.4 Å². The van der Waals surface area contributed by atoms with Crippen LogP contribution in [-0.4, -0.2) is 30.5 Å². The van der Waals surface area contributed by atoms with E-state index in [0.717, 1.165) is 11.1 Å². The van der Waals surface area contributed by atoms with Gasteiger partial charge in [0.05, 0.1) is 19.3 Å². The van der Waals surface area contributed by atoms with Crippen LogP contribution in [-0.2, 0) is 16.0 Å². The lowest BCUT2D eigenvalue weighted by molar-refractivity contribution is -0.124. The minimum Gasteiger partial charge on any atom is -0.495 e. The lowest BCUT2D eigenvalue weighted by atomic mass is 9.99. The lowest BCUT2D eigenvalue weighted by Crippen LogP contribution is -2.33. The van der Waals surface area contributed by atoms with Crippen molar-refractivity contribution < 1.29 is 14.3 Å². The van der Waals surface area contributed by atoms with Crippen LogP contribution in [0.25, 0.3) is 0 Å². The van der Waals surface area contributed by atoms with E-state index in [1.165, 1.54) is 7.11 Å². The molecule has 0 fully saturated rings. The molecule has 0 saturated heterocycles. The van der Waals surface area contributed by atoms with Crippen LogP contribution in [0.15, 0.2) is 23.0 Å². The van der Waals surface area contributed by atoms with Crippen molar-refractivity contribution in [2.45, 2.75) is 33.6 Å². The van der Waals surface area contributed by atoms with Crippen LogP contribution in [0.5, 0.6) is 5.75 Å². The zero-order valence-electron chi connectivity index (χ0n) is 16.9. The largest absolute Gasteiger partial charge is 0.495 e. The van der Waals surface area contributed by atoms with Crippen molar-refractivity contribution in [3.8, 4) is 11.8 Å². The summed E-state index contributed by atoms with van der Waals surface area (Å²) in [6, 6.07) is 7.30. The van der Waals surface area contributed by atoms with Crippen LogP contribution < -0.4 is 20.9 Å². The van der Waals surface area contributed by atoms with Gasteiger partial charge in [-0.3, -0.25) is 14.4 Å². The SMILES string of the molecule is COc1ccc(C)cc1NC(=O)CNC(=O)CCc1c(C)[nH]c(=O)c(C#N)c1C. The van der Waals surface area contributed by atoms with Crippen molar-refractivity contribution in [1.29, 1.82) is 5.26 Å². The standard InChI is InChI=1S/C21H24N4O4/c1-12-5-7-18(29-4)17(9-12)25-20(27)11-23-19(26)8-6-15-13(2)16(10-22)21(28)24-14(15)3/h5,7,9H,6,8,11H2,1-4H3,(H,23,26)(H,24,28)(H,25,27). The number of nitrogens with one attached hydrogen (secondary N) is 3. The molecule has 8 nitrogen and oxygen atoms in total. The van der Waals surface area contributed by atoms with Gasteiger partial charge >= 0.3 is 0 Å². The molecule has 0 bridgehead atoms. The van der Waals surface area contributed by atoms with Crippen LogP contribution in [0, 0.1) is 32.1 Å². The number of nitrogens with zero attached hydrogens (tertiary/aromatic N) is 1. The van der Waals surface area contributed by atoms with Crippen molar-refractivity contribution in [2.75, 3.05) is 19.0 Å². The van der Waals surface area contributed by atoms with E-state index in [1.807, 2.05) is 19.1 Å². The lowest BCUT2D eigenvalue weighted by Gasteiger charge is -2.12. The molecule has 3 N–H and O–H groups in total. The maximum Gasteiger partial charge on any atom is 0.266 e. The smallest absolute Gasteiger partial charge is 0.266 e. The zero-order chi connectivity index (χ0) is 21.6. The highest BCUT2D eigenvalue weighted by molar-refractivity contribution is 5.95. The molecule has 2 amide bonds. The molecule has 0 spiro atoms. The number of benzene rings is 1.